The molecule has 1 aromatic heterocycles. The van der Waals surface area contributed by atoms with Crippen molar-refractivity contribution in [2.75, 3.05) is 32.9 Å². The first-order chi connectivity index (χ1) is 10.7. The first-order valence-corrected chi connectivity index (χ1v) is 9.54. The molecule has 22 heavy (non-hydrogen) atoms. The van der Waals surface area contributed by atoms with Gasteiger partial charge in [0.2, 0.25) is 0 Å². The first-order valence-electron chi connectivity index (χ1n) is 8.73. The molecule has 3 heterocycles. The Kier molecular flexibility index (Phi) is 4.29. The van der Waals surface area contributed by atoms with E-state index in [1.54, 1.807) is 0 Å². The van der Waals surface area contributed by atoms with Crippen LogP contribution in [-0.2, 0) is 16.0 Å². The summed E-state index contributed by atoms with van der Waals surface area (Å²) in [4.78, 5) is 5.43. The molecule has 1 spiro atoms. The molecule has 122 valence electrons. The molecule has 3 nitrogen and oxygen atoms in total. The molecule has 0 bridgehead atoms. The van der Waals surface area contributed by atoms with Crippen molar-refractivity contribution in [3.8, 4) is 0 Å². The highest BCUT2D eigenvalue weighted by Gasteiger charge is 2.52. The van der Waals surface area contributed by atoms with Crippen LogP contribution in [0.5, 0.6) is 0 Å². The van der Waals surface area contributed by atoms with Crippen molar-refractivity contribution in [1.29, 1.82) is 0 Å². The zero-order chi connectivity index (χ0) is 15.0. The van der Waals surface area contributed by atoms with Crippen LogP contribution in [0.4, 0.5) is 0 Å². The molecule has 0 N–H and O–H groups in total. The highest BCUT2D eigenvalue weighted by Crippen LogP contribution is 2.42. The lowest BCUT2D eigenvalue weighted by Gasteiger charge is -2.50. The van der Waals surface area contributed by atoms with E-state index in [0.29, 0.717) is 5.92 Å². The summed E-state index contributed by atoms with van der Waals surface area (Å²) < 4.78 is 12.0. The minimum Gasteiger partial charge on any atom is -0.381 e. The molecule has 4 heteroatoms. The van der Waals surface area contributed by atoms with Crippen LogP contribution in [0, 0.1) is 18.8 Å². The molecule has 2 aliphatic heterocycles. The van der Waals surface area contributed by atoms with Crippen molar-refractivity contribution in [2.24, 2.45) is 11.8 Å². The number of aryl methyl sites for hydroxylation is 1. The lowest BCUT2D eigenvalue weighted by Crippen LogP contribution is -2.64. The van der Waals surface area contributed by atoms with Crippen LogP contribution >= 0.6 is 11.3 Å². The van der Waals surface area contributed by atoms with E-state index >= 15 is 0 Å². The third kappa shape index (κ3) is 3.25. The van der Waals surface area contributed by atoms with Gasteiger partial charge in [0.25, 0.3) is 0 Å². The number of nitrogens with zero attached hydrogens (tertiary/aromatic N) is 1. The molecule has 4 rings (SSSR count). The van der Waals surface area contributed by atoms with Crippen molar-refractivity contribution < 1.29 is 9.47 Å². The van der Waals surface area contributed by atoms with E-state index in [1.807, 2.05) is 11.3 Å². The standard InChI is InChI=1S/C18H27NO2S/c1-14-2-5-17(22-14)10-19-12-18(13-19)16(7-9-21-18)6-8-20-11-15-3-4-15/h2,5,15-16H,3-4,6-13H2,1H3/t16-/m1/s1. The van der Waals surface area contributed by atoms with Gasteiger partial charge in [0.15, 0.2) is 0 Å². The second-order valence-electron chi connectivity index (χ2n) is 7.36. The SMILES string of the molecule is Cc1ccc(CN2CC3(C2)OCC[C@H]3CCOCC2CC2)s1. The number of thiophene rings is 1. The average Bonchev–Trinajstić information content (AvgIpc) is 3.06. The van der Waals surface area contributed by atoms with Crippen molar-refractivity contribution in [3.63, 3.8) is 0 Å². The molecule has 1 aliphatic carbocycles. The summed E-state index contributed by atoms with van der Waals surface area (Å²) >= 11 is 1.92. The first kappa shape index (κ1) is 15.1. The van der Waals surface area contributed by atoms with Gasteiger partial charge in [-0.3, -0.25) is 4.90 Å². The number of rotatable bonds is 7. The molecule has 1 saturated carbocycles. The lowest BCUT2D eigenvalue weighted by atomic mass is 9.79. The molecule has 0 radical (unpaired) electrons. The lowest BCUT2D eigenvalue weighted by molar-refractivity contribution is -0.138. The van der Waals surface area contributed by atoms with Gasteiger partial charge >= 0.3 is 0 Å². The molecule has 0 amide bonds. The maximum atomic E-state index is 6.16. The quantitative estimate of drug-likeness (QED) is 0.718. The van der Waals surface area contributed by atoms with Crippen LogP contribution in [0.1, 0.15) is 35.4 Å². The summed E-state index contributed by atoms with van der Waals surface area (Å²) in [5.74, 6) is 1.58. The molecule has 3 fully saturated rings. The Hall–Kier alpha value is -0.420. The summed E-state index contributed by atoms with van der Waals surface area (Å²) in [6.07, 6.45) is 5.17. The molecule has 0 aromatic carbocycles. The maximum absolute atomic E-state index is 6.16. The van der Waals surface area contributed by atoms with E-state index in [1.165, 1.54) is 35.4 Å². The monoisotopic (exact) mass is 321 g/mol. The van der Waals surface area contributed by atoms with Crippen LogP contribution in [0.2, 0.25) is 0 Å². The second-order valence-corrected chi connectivity index (χ2v) is 8.74. The highest BCUT2D eigenvalue weighted by molar-refractivity contribution is 7.11. The Morgan fingerprint density at radius 3 is 2.91 bits per heavy atom. The minimum atomic E-state index is 0.148. The number of likely N-dealkylation sites (tertiary alicyclic amines) is 1. The molecule has 1 atom stereocenters. The normalized spacial score (nSPS) is 27.4. The van der Waals surface area contributed by atoms with Crippen LogP contribution in [-0.4, -0.2) is 43.4 Å². The Morgan fingerprint density at radius 2 is 2.18 bits per heavy atom. The van der Waals surface area contributed by atoms with Crippen molar-refractivity contribution in [3.05, 3.63) is 21.9 Å². The number of ether oxygens (including phenoxy) is 2. The van der Waals surface area contributed by atoms with Crippen molar-refractivity contribution >= 4 is 11.3 Å². The maximum Gasteiger partial charge on any atom is 0.0964 e. The summed E-state index contributed by atoms with van der Waals surface area (Å²) in [6, 6.07) is 4.49. The van der Waals surface area contributed by atoms with Crippen molar-refractivity contribution in [2.45, 2.75) is 44.8 Å². The van der Waals surface area contributed by atoms with Gasteiger partial charge in [-0.2, -0.15) is 0 Å². The minimum absolute atomic E-state index is 0.148. The fraction of sp³-hybridized carbons (Fsp3) is 0.778. The van der Waals surface area contributed by atoms with E-state index in [0.717, 1.165) is 45.4 Å². The van der Waals surface area contributed by atoms with Gasteiger partial charge in [0, 0.05) is 49.2 Å². The zero-order valence-electron chi connectivity index (χ0n) is 13.6. The van der Waals surface area contributed by atoms with Crippen LogP contribution in [0.3, 0.4) is 0 Å². The molecule has 0 unspecified atom stereocenters. The van der Waals surface area contributed by atoms with Gasteiger partial charge in [0.05, 0.1) is 5.60 Å². The Labute approximate surface area is 137 Å². The van der Waals surface area contributed by atoms with E-state index in [4.69, 9.17) is 9.47 Å². The summed E-state index contributed by atoms with van der Waals surface area (Å²) in [5.41, 5.74) is 0.148. The van der Waals surface area contributed by atoms with Crippen molar-refractivity contribution in [1.82, 2.24) is 4.90 Å². The van der Waals surface area contributed by atoms with Gasteiger partial charge in [-0.05, 0) is 56.6 Å². The molecule has 3 aliphatic rings. The zero-order valence-corrected chi connectivity index (χ0v) is 14.4. The van der Waals surface area contributed by atoms with E-state index < -0.39 is 0 Å². The third-order valence-electron chi connectivity index (χ3n) is 5.42. The smallest absolute Gasteiger partial charge is 0.0964 e. The fourth-order valence-corrected chi connectivity index (χ4v) is 4.85. The number of hydrogen-bond donors (Lipinski definition) is 0. The van der Waals surface area contributed by atoms with Gasteiger partial charge in [-0.25, -0.2) is 0 Å². The second kappa shape index (κ2) is 6.23. The number of hydrogen-bond acceptors (Lipinski definition) is 4. The average molecular weight is 321 g/mol. The molecular weight excluding hydrogens is 294 g/mol. The van der Waals surface area contributed by atoms with Crippen LogP contribution in [0.15, 0.2) is 12.1 Å². The highest BCUT2D eigenvalue weighted by atomic mass is 32.1. The summed E-state index contributed by atoms with van der Waals surface area (Å²) in [5, 5.41) is 0. The third-order valence-corrected chi connectivity index (χ3v) is 6.40. The van der Waals surface area contributed by atoms with E-state index in [2.05, 4.69) is 24.0 Å². The molecule has 2 saturated heterocycles. The van der Waals surface area contributed by atoms with Gasteiger partial charge in [0.1, 0.15) is 0 Å². The Balaban J connectivity index is 1.23. The van der Waals surface area contributed by atoms with Gasteiger partial charge in [-0.15, -0.1) is 11.3 Å². The van der Waals surface area contributed by atoms with E-state index in [-0.39, 0.29) is 5.60 Å². The Morgan fingerprint density at radius 1 is 1.32 bits per heavy atom. The summed E-state index contributed by atoms with van der Waals surface area (Å²) in [7, 11) is 0. The predicted octanol–water partition coefficient (Wildman–Crippen LogP) is 3.46. The largest absolute Gasteiger partial charge is 0.381 e. The van der Waals surface area contributed by atoms with E-state index in [9.17, 15) is 0 Å². The van der Waals surface area contributed by atoms with Gasteiger partial charge in [-0.1, -0.05) is 0 Å². The predicted molar refractivity (Wildman–Crippen MR) is 89.3 cm³/mol. The molecule has 1 aromatic rings. The Bertz CT molecular complexity index is 505. The fourth-order valence-electron chi connectivity index (χ4n) is 3.92. The van der Waals surface area contributed by atoms with Crippen LogP contribution in [0.25, 0.3) is 0 Å². The molecular formula is C18H27NO2S. The van der Waals surface area contributed by atoms with Gasteiger partial charge < -0.3 is 9.47 Å². The summed E-state index contributed by atoms with van der Waals surface area (Å²) in [6.45, 7) is 8.35. The topological polar surface area (TPSA) is 21.7 Å². The van der Waals surface area contributed by atoms with Crippen LogP contribution < -0.4 is 0 Å².